The predicted molar refractivity (Wildman–Crippen MR) is 33.2 cm³/mol. The predicted octanol–water partition coefficient (Wildman–Crippen LogP) is -0.231. The number of Topliss-reactive ketones (excluding diaryl/α,β-unsaturated/α-hetero) is 2. The lowest BCUT2D eigenvalue weighted by molar-refractivity contribution is -0.117. The van der Waals surface area contributed by atoms with Crippen LogP contribution in [0.25, 0.3) is 0 Å². The Balaban J connectivity index is 3.10. The fraction of sp³-hybridized carbons (Fsp3) is 0.667. The van der Waals surface area contributed by atoms with Gasteiger partial charge in [0.15, 0.2) is 0 Å². The van der Waals surface area contributed by atoms with Gasteiger partial charge in [-0.15, -0.1) is 0 Å². The molecule has 0 fully saturated rings. The van der Waals surface area contributed by atoms with E-state index in [0.29, 0.717) is 0 Å². The molecule has 0 aliphatic carbocycles. The average Bonchev–Trinajstić information content (AvgIpc) is 1.63. The number of hydrogen-bond donors (Lipinski definition) is 0. The van der Waals surface area contributed by atoms with E-state index >= 15 is 0 Å². The molecule has 0 aliphatic rings. The Morgan fingerprint density at radius 1 is 1.11 bits per heavy atom. The maximum atomic E-state index is 10.2. The van der Waals surface area contributed by atoms with Gasteiger partial charge in [0.25, 0.3) is 0 Å². The van der Waals surface area contributed by atoms with Crippen LogP contribution < -0.4 is 5.32 Å². The van der Waals surface area contributed by atoms with Crippen LogP contribution in [0.15, 0.2) is 0 Å². The summed E-state index contributed by atoms with van der Waals surface area (Å²) in [4.78, 5) is 20.4. The Morgan fingerprint density at radius 2 is 1.44 bits per heavy atom. The lowest BCUT2D eigenvalue weighted by Gasteiger charge is -1.92. The van der Waals surface area contributed by atoms with Crippen molar-refractivity contribution in [3.63, 3.8) is 0 Å². The molecular weight excluding hydrogens is 118 g/mol. The maximum absolute atomic E-state index is 10.2. The summed E-state index contributed by atoms with van der Waals surface area (Å²) in [7, 11) is 0. The molecule has 0 spiro atoms. The van der Waals surface area contributed by atoms with Crippen molar-refractivity contribution < 1.29 is 9.59 Å². The Hall–Kier alpha value is -0.700. The average molecular weight is 128 g/mol. The van der Waals surface area contributed by atoms with E-state index in [1.807, 2.05) is 0 Å². The van der Waals surface area contributed by atoms with Crippen LogP contribution >= 0.6 is 0 Å². The molecule has 0 amide bonds. The summed E-state index contributed by atoms with van der Waals surface area (Å²) < 4.78 is 0. The summed E-state index contributed by atoms with van der Waals surface area (Å²) in [5.74, 6) is -0.00694. The van der Waals surface area contributed by atoms with Gasteiger partial charge in [-0.3, -0.25) is 9.59 Å². The van der Waals surface area contributed by atoms with Gasteiger partial charge >= 0.3 is 0 Å². The Morgan fingerprint density at radius 3 is 1.67 bits per heavy atom. The third-order valence-electron chi connectivity index (χ3n) is 0.669. The molecule has 0 unspecified atom stereocenters. The topological polar surface area (TPSA) is 48.2 Å². The molecule has 0 rings (SSSR count). The van der Waals surface area contributed by atoms with Crippen molar-refractivity contribution >= 4 is 11.6 Å². The molecule has 51 valence electrons. The van der Waals surface area contributed by atoms with Gasteiger partial charge in [0.2, 0.25) is 0 Å². The maximum Gasteiger partial charge on any atom is 0.145 e. The van der Waals surface area contributed by atoms with Crippen molar-refractivity contribution in [3.8, 4) is 0 Å². The van der Waals surface area contributed by atoms with E-state index in [4.69, 9.17) is 0 Å². The van der Waals surface area contributed by atoms with Gasteiger partial charge in [0.1, 0.15) is 11.6 Å². The van der Waals surface area contributed by atoms with Crippen molar-refractivity contribution in [1.29, 1.82) is 0 Å². The first-order valence-corrected chi connectivity index (χ1v) is 2.75. The smallest absolute Gasteiger partial charge is 0.145 e. The molecule has 0 N–H and O–H groups in total. The molecule has 0 heterocycles. The van der Waals surface area contributed by atoms with Crippen LogP contribution in [0.4, 0.5) is 0 Å². The van der Waals surface area contributed by atoms with Gasteiger partial charge in [-0.05, 0) is 13.8 Å². The fourth-order valence-electron chi connectivity index (χ4n) is 0.371. The van der Waals surface area contributed by atoms with E-state index in [9.17, 15) is 9.59 Å². The summed E-state index contributed by atoms with van der Waals surface area (Å²) >= 11 is 0. The number of carbonyl (C=O) groups excluding carboxylic acids is 2. The van der Waals surface area contributed by atoms with E-state index in [-0.39, 0.29) is 24.7 Å². The normalized spacial score (nSPS) is 9.11. The molecule has 0 saturated heterocycles. The van der Waals surface area contributed by atoms with Crippen LogP contribution in [-0.2, 0) is 9.59 Å². The Labute approximate surface area is 54.4 Å². The Kier molecular flexibility index (Phi) is 3.88. The molecule has 0 saturated carbocycles. The molecule has 0 atom stereocenters. The summed E-state index contributed by atoms with van der Waals surface area (Å²) in [5.41, 5.74) is 0. The van der Waals surface area contributed by atoms with Crippen LogP contribution in [0.2, 0.25) is 0 Å². The first kappa shape index (κ1) is 8.30. The SMILES string of the molecule is CC(=O)C[N]CC(C)=O. The second kappa shape index (κ2) is 4.21. The summed E-state index contributed by atoms with van der Waals surface area (Å²) in [6, 6.07) is 0. The van der Waals surface area contributed by atoms with E-state index in [2.05, 4.69) is 5.32 Å². The van der Waals surface area contributed by atoms with Gasteiger partial charge in [-0.25, -0.2) is 5.32 Å². The van der Waals surface area contributed by atoms with E-state index < -0.39 is 0 Å². The van der Waals surface area contributed by atoms with Gasteiger partial charge < -0.3 is 0 Å². The fourth-order valence-corrected chi connectivity index (χ4v) is 0.371. The zero-order chi connectivity index (χ0) is 7.28. The minimum absolute atomic E-state index is 0.00347. The van der Waals surface area contributed by atoms with E-state index in [1.165, 1.54) is 13.8 Å². The quantitative estimate of drug-likeness (QED) is 0.525. The van der Waals surface area contributed by atoms with Crippen molar-refractivity contribution in [3.05, 3.63) is 0 Å². The second-order valence-electron chi connectivity index (χ2n) is 1.94. The molecule has 3 nitrogen and oxygen atoms in total. The molecule has 0 aromatic heterocycles. The van der Waals surface area contributed by atoms with Crippen LogP contribution in [-0.4, -0.2) is 24.7 Å². The van der Waals surface area contributed by atoms with Crippen molar-refractivity contribution in [1.82, 2.24) is 5.32 Å². The van der Waals surface area contributed by atoms with Gasteiger partial charge in [-0.2, -0.15) is 0 Å². The number of carbonyl (C=O) groups is 2. The number of ketones is 2. The molecule has 0 aromatic rings. The Bertz CT molecular complexity index is 106. The van der Waals surface area contributed by atoms with Crippen molar-refractivity contribution in [2.24, 2.45) is 0 Å². The number of nitrogens with zero attached hydrogens (tertiary/aromatic N) is 1. The van der Waals surface area contributed by atoms with Gasteiger partial charge in [0, 0.05) is 0 Å². The molecule has 3 heteroatoms. The van der Waals surface area contributed by atoms with Crippen molar-refractivity contribution in [2.75, 3.05) is 13.1 Å². The highest BCUT2D eigenvalue weighted by molar-refractivity contribution is 5.80. The van der Waals surface area contributed by atoms with Crippen LogP contribution in [0.3, 0.4) is 0 Å². The first-order valence-electron chi connectivity index (χ1n) is 2.75. The highest BCUT2D eigenvalue weighted by Gasteiger charge is 1.95. The summed E-state index contributed by atoms with van der Waals surface area (Å²) in [5, 5.41) is 3.67. The monoisotopic (exact) mass is 128 g/mol. The highest BCUT2D eigenvalue weighted by Crippen LogP contribution is 1.69. The largest absolute Gasteiger partial charge is 0.299 e. The third kappa shape index (κ3) is 7.30. The third-order valence-corrected chi connectivity index (χ3v) is 0.669. The summed E-state index contributed by atoms with van der Waals surface area (Å²) in [6.45, 7) is 3.23. The molecule has 1 radical (unpaired) electrons. The van der Waals surface area contributed by atoms with E-state index in [1.54, 1.807) is 0 Å². The zero-order valence-corrected chi connectivity index (χ0v) is 5.68. The molecule has 0 bridgehead atoms. The second-order valence-corrected chi connectivity index (χ2v) is 1.94. The lowest BCUT2D eigenvalue weighted by atomic mass is 10.4. The molecule has 9 heavy (non-hydrogen) atoms. The van der Waals surface area contributed by atoms with Gasteiger partial charge in [-0.1, -0.05) is 0 Å². The number of hydrogen-bond acceptors (Lipinski definition) is 2. The van der Waals surface area contributed by atoms with Crippen LogP contribution in [0.1, 0.15) is 13.8 Å². The standard InChI is InChI=1S/C6H10NO2/c1-5(8)3-7-4-6(2)9/h3-4H2,1-2H3. The zero-order valence-electron chi connectivity index (χ0n) is 5.68. The van der Waals surface area contributed by atoms with E-state index in [0.717, 1.165) is 0 Å². The first-order chi connectivity index (χ1) is 4.13. The number of rotatable bonds is 4. The molecule has 0 aromatic carbocycles. The lowest BCUT2D eigenvalue weighted by Crippen LogP contribution is -2.19. The highest BCUT2D eigenvalue weighted by atomic mass is 16.1. The molecule has 0 aliphatic heterocycles. The van der Waals surface area contributed by atoms with Crippen LogP contribution in [0.5, 0.6) is 0 Å². The minimum atomic E-state index is -0.00347. The molecular formula is C6H10NO2. The van der Waals surface area contributed by atoms with Gasteiger partial charge in [0.05, 0.1) is 13.1 Å². The minimum Gasteiger partial charge on any atom is -0.299 e. The summed E-state index contributed by atoms with van der Waals surface area (Å²) in [6.07, 6.45) is 0. The van der Waals surface area contributed by atoms with Crippen molar-refractivity contribution in [2.45, 2.75) is 13.8 Å². The van der Waals surface area contributed by atoms with Crippen LogP contribution in [0, 0.1) is 0 Å².